The first-order chi connectivity index (χ1) is 12.1. The predicted octanol–water partition coefficient (Wildman–Crippen LogP) is 5.73. The fourth-order valence-corrected chi connectivity index (χ4v) is 2.40. The van der Waals surface area contributed by atoms with Crippen molar-refractivity contribution in [2.75, 3.05) is 0 Å². The van der Waals surface area contributed by atoms with Crippen molar-refractivity contribution in [2.24, 2.45) is 4.99 Å². The predicted molar refractivity (Wildman–Crippen MR) is 97.2 cm³/mol. The first kappa shape index (κ1) is 16.6. The lowest BCUT2D eigenvalue weighted by Crippen LogP contribution is -1.89. The van der Waals surface area contributed by atoms with E-state index in [4.69, 9.17) is 0 Å². The van der Waals surface area contributed by atoms with Crippen molar-refractivity contribution >= 4 is 18.0 Å². The molecule has 0 aliphatic heterocycles. The summed E-state index contributed by atoms with van der Waals surface area (Å²) in [6.07, 6.45) is 2.93. The lowest BCUT2D eigenvalue weighted by molar-refractivity contribution is 0.474. The second kappa shape index (κ2) is 7.09. The molecule has 1 N–H and O–H groups in total. The molecule has 0 radical (unpaired) electrons. The largest absolute Gasteiger partial charge is 0.507 e. The molecule has 0 atom stereocenters. The summed E-state index contributed by atoms with van der Waals surface area (Å²) in [6, 6.07) is 16.1. The second-order valence-electron chi connectivity index (χ2n) is 5.43. The molecule has 0 saturated heterocycles. The first-order valence-corrected chi connectivity index (χ1v) is 7.62. The van der Waals surface area contributed by atoms with Crippen LogP contribution in [0.1, 0.15) is 11.1 Å². The molecule has 0 bridgehead atoms. The molecule has 3 aromatic carbocycles. The zero-order valence-electron chi connectivity index (χ0n) is 13.3. The van der Waals surface area contributed by atoms with Gasteiger partial charge in [0.25, 0.3) is 0 Å². The maximum Gasteiger partial charge on any atom is 0.152 e. The average Bonchev–Trinajstić information content (AvgIpc) is 2.62. The van der Waals surface area contributed by atoms with Crippen LogP contribution in [-0.2, 0) is 0 Å². The maximum absolute atomic E-state index is 14.3. The number of hydrogen-bond donors (Lipinski definition) is 1. The molecule has 0 aromatic heterocycles. The number of phenolic OH excluding ortho intramolecular Hbond substituents is 1. The number of hydrogen-bond acceptors (Lipinski definition) is 2. The van der Waals surface area contributed by atoms with Crippen molar-refractivity contribution in [1.29, 1.82) is 0 Å². The Hall–Kier alpha value is -3.27. The van der Waals surface area contributed by atoms with E-state index in [0.717, 1.165) is 5.56 Å². The zero-order chi connectivity index (χ0) is 17.8. The van der Waals surface area contributed by atoms with Crippen LogP contribution in [0.15, 0.2) is 72.2 Å². The van der Waals surface area contributed by atoms with Crippen molar-refractivity contribution < 1.29 is 13.9 Å². The van der Waals surface area contributed by atoms with Crippen LogP contribution in [0, 0.1) is 11.6 Å². The van der Waals surface area contributed by atoms with Gasteiger partial charge in [-0.05, 0) is 41.0 Å². The highest BCUT2D eigenvalue weighted by molar-refractivity contribution is 5.85. The number of rotatable bonds is 4. The Labute approximate surface area is 144 Å². The second-order valence-corrected chi connectivity index (χ2v) is 5.43. The van der Waals surface area contributed by atoms with Gasteiger partial charge in [0.05, 0.1) is 0 Å². The molecule has 0 aliphatic carbocycles. The molecule has 0 spiro atoms. The molecule has 0 fully saturated rings. The fraction of sp³-hybridized carbons (Fsp3) is 0. The Bertz CT molecular complexity index is 923. The minimum atomic E-state index is -0.769. The Morgan fingerprint density at radius 1 is 0.880 bits per heavy atom. The molecule has 0 aliphatic rings. The molecule has 0 unspecified atom stereocenters. The van der Waals surface area contributed by atoms with E-state index in [2.05, 4.69) is 11.6 Å². The molecule has 0 amide bonds. The van der Waals surface area contributed by atoms with Gasteiger partial charge >= 0.3 is 0 Å². The number of benzene rings is 3. The highest BCUT2D eigenvalue weighted by Crippen LogP contribution is 2.29. The van der Waals surface area contributed by atoms with Crippen molar-refractivity contribution in [2.45, 2.75) is 0 Å². The van der Waals surface area contributed by atoms with Gasteiger partial charge in [0.15, 0.2) is 11.6 Å². The summed E-state index contributed by atoms with van der Waals surface area (Å²) in [7, 11) is 0. The van der Waals surface area contributed by atoms with Crippen molar-refractivity contribution in [1.82, 2.24) is 0 Å². The summed E-state index contributed by atoms with van der Waals surface area (Å²) >= 11 is 0. The van der Waals surface area contributed by atoms with E-state index in [0.29, 0.717) is 16.7 Å². The number of aromatic hydroxyl groups is 1. The minimum absolute atomic E-state index is 0.00834. The topological polar surface area (TPSA) is 32.6 Å². The van der Waals surface area contributed by atoms with Gasteiger partial charge < -0.3 is 5.11 Å². The van der Waals surface area contributed by atoms with Gasteiger partial charge in [-0.25, -0.2) is 13.8 Å². The smallest absolute Gasteiger partial charge is 0.152 e. The first-order valence-electron chi connectivity index (χ1n) is 7.62. The zero-order valence-corrected chi connectivity index (χ0v) is 13.3. The average molecular weight is 335 g/mol. The van der Waals surface area contributed by atoms with E-state index >= 15 is 0 Å². The number of phenols is 1. The molecular formula is C21H15F2NO. The lowest BCUT2D eigenvalue weighted by Gasteiger charge is -2.06. The molecular weight excluding hydrogens is 320 g/mol. The van der Waals surface area contributed by atoms with E-state index in [1.807, 2.05) is 12.1 Å². The number of aliphatic imine (C=N–C) groups is 1. The van der Waals surface area contributed by atoms with Gasteiger partial charge in [0.2, 0.25) is 0 Å². The van der Waals surface area contributed by atoms with Gasteiger partial charge in [-0.1, -0.05) is 49.1 Å². The van der Waals surface area contributed by atoms with Crippen LogP contribution in [0.5, 0.6) is 5.75 Å². The number of para-hydroxylation sites is 1. The molecule has 3 aromatic rings. The van der Waals surface area contributed by atoms with Gasteiger partial charge in [-0.15, -0.1) is 0 Å². The van der Waals surface area contributed by atoms with Gasteiger partial charge in [-0.2, -0.15) is 0 Å². The van der Waals surface area contributed by atoms with Crippen LogP contribution in [0.3, 0.4) is 0 Å². The minimum Gasteiger partial charge on any atom is -0.507 e. The summed E-state index contributed by atoms with van der Waals surface area (Å²) in [5, 5.41) is 9.68. The summed E-state index contributed by atoms with van der Waals surface area (Å²) in [5.74, 6) is -1.55. The number of halogens is 2. The standard InChI is InChI=1S/C21H15F2NO/c1-2-14-7-9-15(10-8-14)17-11-18(22)21(19(23)12-17)24-13-16-5-3-4-6-20(16)25/h2-13,25H,1H2. The fourth-order valence-electron chi connectivity index (χ4n) is 2.40. The third-order valence-electron chi connectivity index (χ3n) is 3.77. The Kier molecular flexibility index (Phi) is 4.70. The van der Waals surface area contributed by atoms with Crippen molar-refractivity contribution in [3.8, 4) is 16.9 Å². The van der Waals surface area contributed by atoms with Gasteiger partial charge in [-0.3, -0.25) is 0 Å². The van der Waals surface area contributed by atoms with Crippen LogP contribution in [0.2, 0.25) is 0 Å². The normalized spacial score (nSPS) is 11.0. The quantitative estimate of drug-likeness (QED) is 0.607. The molecule has 124 valence electrons. The Morgan fingerprint density at radius 3 is 2.12 bits per heavy atom. The molecule has 25 heavy (non-hydrogen) atoms. The van der Waals surface area contributed by atoms with E-state index in [1.54, 1.807) is 36.4 Å². The van der Waals surface area contributed by atoms with Gasteiger partial charge in [0.1, 0.15) is 11.4 Å². The molecule has 4 heteroatoms. The van der Waals surface area contributed by atoms with Crippen LogP contribution in [0.25, 0.3) is 17.2 Å². The van der Waals surface area contributed by atoms with Crippen LogP contribution in [0.4, 0.5) is 14.5 Å². The van der Waals surface area contributed by atoms with E-state index < -0.39 is 17.3 Å². The van der Waals surface area contributed by atoms with Crippen molar-refractivity contribution in [3.63, 3.8) is 0 Å². The van der Waals surface area contributed by atoms with E-state index in [1.165, 1.54) is 24.4 Å². The van der Waals surface area contributed by atoms with E-state index in [9.17, 15) is 13.9 Å². The monoisotopic (exact) mass is 335 g/mol. The molecule has 0 saturated carbocycles. The van der Waals surface area contributed by atoms with Crippen LogP contribution < -0.4 is 0 Å². The van der Waals surface area contributed by atoms with E-state index in [-0.39, 0.29) is 5.75 Å². The van der Waals surface area contributed by atoms with Crippen LogP contribution >= 0.6 is 0 Å². The highest BCUT2D eigenvalue weighted by atomic mass is 19.1. The SMILES string of the molecule is C=Cc1ccc(-c2cc(F)c(N=Cc3ccccc3O)c(F)c2)cc1. The molecule has 2 nitrogen and oxygen atoms in total. The molecule has 0 heterocycles. The van der Waals surface area contributed by atoms with Crippen molar-refractivity contribution in [3.05, 3.63) is 90.0 Å². The van der Waals surface area contributed by atoms with Crippen LogP contribution in [-0.4, -0.2) is 11.3 Å². The summed E-state index contributed by atoms with van der Waals surface area (Å²) in [5.41, 5.74) is 2.03. The van der Waals surface area contributed by atoms with Gasteiger partial charge in [0, 0.05) is 11.8 Å². The third-order valence-corrected chi connectivity index (χ3v) is 3.77. The number of nitrogens with zero attached hydrogens (tertiary/aromatic N) is 1. The lowest BCUT2D eigenvalue weighted by atomic mass is 10.0. The Balaban J connectivity index is 1.95. The summed E-state index contributed by atoms with van der Waals surface area (Å²) < 4.78 is 28.6. The third kappa shape index (κ3) is 3.63. The summed E-state index contributed by atoms with van der Waals surface area (Å²) in [4.78, 5) is 3.85. The summed E-state index contributed by atoms with van der Waals surface area (Å²) in [6.45, 7) is 3.67. The maximum atomic E-state index is 14.3. The molecule has 3 rings (SSSR count). The Morgan fingerprint density at radius 2 is 1.52 bits per heavy atom. The highest BCUT2D eigenvalue weighted by Gasteiger charge is 2.11.